The van der Waals surface area contributed by atoms with Crippen molar-refractivity contribution in [3.63, 3.8) is 0 Å². The summed E-state index contributed by atoms with van der Waals surface area (Å²) in [5, 5.41) is 3.89. The van der Waals surface area contributed by atoms with Crippen molar-refractivity contribution in [3.05, 3.63) is 35.4 Å². The number of aromatic nitrogens is 3. The molecule has 2 fully saturated rings. The number of nitrogens with zero attached hydrogens (tertiary/aromatic N) is 4. The molecular weight excluding hydrogens is 454 g/mol. The lowest BCUT2D eigenvalue weighted by atomic mass is 9.91. The van der Waals surface area contributed by atoms with Crippen LogP contribution < -0.4 is 5.32 Å². The number of carbonyl (C=O) groups excluding carboxylic acids is 1. The molecule has 8 nitrogen and oxygen atoms in total. The molecule has 1 N–H and O–H groups in total. The van der Waals surface area contributed by atoms with E-state index in [1.54, 1.807) is 25.7 Å². The minimum atomic E-state index is 0.0315. The summed E-state index contributed by atoms with van der Waals surface area (Å²) in [6.07, 6.45) is 9.38. The van der Waals surface area contributed by atoms with E-state index in [9.17, 15) is 4.79 Å². The zero-order valence-corrected chi connectivity index (χ0v) is 20.6. The smallest absolute Gasteiger partial charge is 0.145 e. The molecule has 4 rings (SSSR count). The minimum Gasteiger partial charge on any atom is -0.383 e. The third kappa shape index (κ3) is 6.95. The molecule has 0 aliphatic carbocycles. The predicted molar refractivity (Wildman–Crippen MR) is 132 cm³/mol. The van der Waals surface area contributed by atoms with E-state index in [1.807, 2.05) is 6.07 Å². The Morgan fingerprint density at radius 3 is 2.94 bits per heavy atom. The lowest BCUT2D eigenvalue weighted by Crippen LogP contribution is -2.40. The van der Waals surface area contributed by atoms with Crippen molar-refractivity contribution in [2.45, 2.75) is 32.1 Å². The Hall–Kier alpha value is -2.13. The van der Waals surface area contributed by atoms with Gasteiger partial charge in [0.25, 0.3) is 0 Å². The normalized spacial score (nSPS) is 19.8. The molecule has 0 bridgehead atoms. The van der Waals surface area contributed by atoms with Gasteiger partial charge in [0.2, 0.25) is 0 Å². The highest BCUT2D eigenvalue weighted by molar-refractivity contribution is 6.33. The van der Waals surface area contributed by atoms with Crippen LogP contribution in [0.4, 0.5) is 5.82 Å². The van der Waals surface area contributed by atoms with Crippen molar-refractivity contribution in [2.24, 2.45) is 11.8 Å². The van der Waals surface area contributed by atoms with Crippen molar-refractivity contribution in [1.82, 2.24) is 19.9 Å². The van der Waals surface area contributed by atoms with Gasteiger partial charge in [-0.15, -0.1) is 0 Å². The summed E-state index contributed by atoms with van der Waals surface area (Å²) < 4.78 is 10.6. The summed E-state index contributed by atoms with van der Waals surface area (Å²) in [7, 11) is 1.71. The van der Waals surface area contributed by atoms with Gasteiger partial charge in [-0.05, 0) is 44.2 Å². The molecule has 2 aromatic heterocycles. The van der Waals surface area contributed by atoms with Gasteiger partial charge in [-0.2, -0.15) is 0 Å². The second-order valence-corrected chi connectivity index (χ2v) is 9.56. The highest BCUT2D eigenvalue weighted by atomic mass is 35.5. The van der Waals surface area contributed by atoms with Gasteiger partial charge in [-0.3, -0.25) is 14.8 Å². The summed E-state index contributed by atoms with van der Waals surface area (Å²) in [5.41, 5.74) is 2.12. The molecule has 2 aromatic rings. The molecule has 2 aliphatic heterocycles. The van der Waals surface area contributed by atoms with E-state index in [1.165, 1.54) is 0 Å². The molecule has 2 aliphatic rings. The quantitative estimate of drug-likeness (QED) is 0.544. The first kappa shape index (κ1) is 25.0. The highest BCUT2D eigenvalue weighted by Crippen LogP contribution is 2.28. The van der Waals surface area contributed by atoms with Crippen molar-refractivity contribution >= 4 is 23.2 Å². The lowest BCUT2D eigenvalue weighted by Gasteiger charge is -2.31. The molecule has 2 saturated heterocycles. The summed E-state index contributed by atoms with van der Waals surface area (Å²) >= 11 is 6.47. The fourth-order valence-corrected chi connectivity index (χ4v) is 4.82. The number of hydrogen-bond donors (Lipinski definition) is 1. The zero-order valence-electron chi connectivity index (χ0n) is 19.8. The summed E-state index contributed by atoms with van der Waals surface area (Å²) in [5.74, 6) is 1.55. The zero-order chi connectivity index (χ0) is 23.8. The largest absolute Gasteiger partial charge is 0.383 e. The Bertz CT molecular complexity index is 954. The Morgan fingerprint density at radius 1 is 1.26 bits per heavy atom. The van der Waals surface area contributed by atoms with E-state index < -0.39 is 0 Å². The number of halogens is 1. The number of carbonyl (C=O) groups is 1. The average Bonchev–Trinajstić information content (AvgIpc) is 2.88. The molecule has 0 aromatic carbocycles. The van der Waals surface area contributed by atoms with Crippen LogP contribution >= 0.6 is 11.6 Å². The fourth-order valence-electron chi connectivity index (χ4n) is 4.62. The van der Waals surface area contributed by atoms with E-state index in [4.69, 9.17) is 26.1 Å². The number of hydrogen-bond acceptors (Lipinski definition) is 8. The number of Topliss-reactive ketones (excluding diaryl/α,β-unsaturated/α-hetero) is 1. The van der Waals surface area contributed by atoms with E-state index in [0.717, 1.165) is 70.6 Å². The van der Waals surface area contributed by atoms with Crippen LogP contribution in [0.5, 0.6) is 0 Å². The Labute approximate surface area is 206 Å². The Balaban J connectivity index is 1.40. The third-order valence-electron chi connectivity index (χ3n) is 6.66. The molecule has 0 spiro atoms. The molecule has 34 heavy (non-hydrogen) atoms. The van der Waals surface area contributed by atoms with Crippen molar-refractivity contribution in [3.8, 4) is 11.3 Å². The Morgan fingerprint density at radius 2 is 2.12 bits per heavy atom. The minimum absolute atomic E-state index is 0.0315. The van der Waals surface area contributed by atoms with Gasteiger partial charge < -0.3 is 19.7 Å². The van der Waals surface area contributed by atoms with E-state index in [0.29, 0.717) is 41.2 Å². The van der Waals surface area contributed by atoms with Crippen LogP contribution in [0.15, 0.2) is 24.7 Å². The topological polar surface area (TPSA) is 89.5 Å². The maximum atomic E-state index is 13.0. The highest BCUT2D eigenvalue weighted by Gasteiger charge is 2.26. The maximum Gasteiger partial charge on any atom is 0.145 e. The van der Waals surface area contributed by atoms with E-state index >= 15 is 0 Å². The van der Waals surface area contributed by atoms with Crippen molar-refractivity contribution in [1.29, 1.82) is 0 Å². The van der Waals surface area contributed by atoms with Crippen LogP contribution in [0, 0.1) is 11.8 Å². The molecule has 1 atom stereocenters. The number of methoxy groups -OCH3 is 1. The average molecular weight is 488 g/mol. The van der Waals surface area contributed by atoms with Crippen molar-refractivity contribution in [2.75, 3.05) is 58.4 Å². The van der Waals surface area contributed by atoms with Crippen LogP contribution in [0.25, 0.3) is 11.3 Å². The number of piperidine rings is 1. The van der Waals surface area contributed by atoms with Crippen LogP contribution in [-0.2, 0) is 20.7 Å². The Kier molecular flexibility index (Phi) is 9.21. The van der Waals surface area contributed by atoms with Gasteiger partial charge in [0.05, 0.1) is 29.7 Å². The number of likely N-dealkylation sites (tertiary alicyclic amines) is 1. The van der Waals surface area contributed by atoms with Gasteiger partial charge in [-0.1, -0.05) is 11.6 Å². The standard InChI is InChI=1S/C25H34ClN5O3/c1-33-10-7-31-6-2-3-19(17-31)24(32)12-20-11-21(22(26)14-28-20)23-15-27-16-25(30-23)29-13-18-4-8-34-9-5-18/h11,14-16,18-19H,2-10,12-13,17H2,1H3,(H,29,30)/t19-/m1/s1. The van der Waals surface area contributed by atoms with Crippen molar-refractivity contribution < 1.29 is 14.3 Å². The number of anilines is 1. The first-order chi connectivity index (χ1) is 16.6. The first-order valence-electron chi connectivity index (χ1n) is 12.1. The monoisotopic (exact) mass is 487 g/mol. The van der Waals surface area contributed by atoms with E-state index in [-0.39, 0.29) is 11.7 Å². The van der Waals surface area contributed by atoms with Gasteiger partial charge in [0, 0.05) is 69.8 Å². The first-order valence-corrected chi connectivity index (χ1v) is 12.5. The number of nitrogens with one attached hydrogen (secondary N) is 1. The lowest BCUT2D eigenvalue weighted by molar-refractivity contribution is -0.124. The number of rotatable bonds is 10. The number of ketones is 1. The molecule has 9 heteroatoms. The molecule has 4 heterocycles. The predicted octanol–water partition coefficient (Wildman–Crippen LogP) is 3.50. The SMILES string of the molecule is COCCN1CCC[C@@H](C(=O)Cc2cc(-c3cncc(NCC4CCOCC4)n3)c(Cl)cn2)C1. The maximum absolute atomic E-state index is 13.0. The van der Waals surface area contributed by atoms with Crippen LogP contribution in [0.3, 0.4) is 0 Å². The fraction of sp³-hybridized carbons (Fsp3) is 0.600. The summed E-state index contributed by atoms with van der Waals surface area (Å²) in [6.45, 7) is 5.84. The van der Waals surface area contributed by atoms with Gasteiger partial charge in [0.1, 0.15) is 11.6 Å². The second kappa shape index (κ2) is 12.5. The number of ether oxygens (including phenoxy) is 2. The van der Waals surface area contributed by atoms with Gasteiger partial charge in [-0.25, -0.2) is 4.98 Å². The summed E-state index contributed by atoms with van der Waals surface area (Å²) in [6, 6.07) is 1.87. The second-order valence-electron chi connectivity index (χ2n) is 9.16. The molecule has 0 saturated carbocycles. The van der Waals surface area contributed by atoms with Crippen LogP contribution in [0.2, 0.25) is 5.02 Å². The van der Waals surface area contributed by atoms with Crippen LogP contribution in [-0.4, -0.2) is 78.7 Å². The molecule has 0 unspecified atom stereocenters. The summed E-state index contributed by atoms with van der Waals surface area (Å²) in [4.78, 5) is 28.8. The van der Waals surface area contributed by atoms with Gasteiger partial charge >= 0.3 is 0 Å². The molecule has 0 amide bonds. The molecule has 0 radical (unpaired) electrons. The molecular formula is C25H34ClN5O3. The van der Waals surface area contributed by atoms with E-state index in [2.05, 4.69) is 20.2 Å². The van der Waals surface area contributed by atoms with Gasteiger partial charge in [0.15, 0.2) is 0 Å². The van der Waals surface area contributed by atoms with Crippen LogP contribution in [0.1, 0.15) is 31.4 Å². The third-order valence-corrected chi connectivity index (χ3v) is 6.96. The molecule has 184 valence electrons. The number of pyridine rings is 1.